The first-order valence-corrected chi connectivity index (χ1v) is 7.15. The minimum absolute atomic E-state index is 0.0389. The molecular formula is C13H12F2N2O3S. The minimum Gasteiger partial charge on any atom is -0.344 e. The lowest BCUT2D eigenvalue weighted by molar-refractivity contribution is -0.136. The highest BCUT2D eigenvalue weighted by Crippen LogP contribution is 2.20. The molecule has 0 aliphatic carbocycles. The summed E-state index contributed by atoms with van der Waals surface area (Å²) in [5, 5.41) is 4.63. The molecule has 21 heavy (non-hydrogen) atoms. The smallest absolute Gasteiger partial charge is 0.249 e. The van der Waals surface area contributed by atoms with Crippen LogP contribution >= 0.6 is 11.8 Å². The molecule has 3 amide bonds. The molecule has 0 bridgehead atoms. The summed E-state index contributed by atoms with van der Waals surface area (Å²) in [6.07, 6.45) is 0.430. The molecule has 2 N–H and O–H groups in total. The topological polar surface area (TPSA) is 75.3 Å². The van der Waals surface area contributed by atoms with E-state index < -0.39 is 29.5 Å². The van der Waals surface area contributed by atoms with Crippen LogP contribution in [0.4, 0.5) is 8.78 Å². The van der Waals surface area contributed by atoms with Crippen molar-refractivity contribution >= 4 is 29.5 Å². The molecule has 1 aliphatic heterocycles. The molecule has 1 heterocycles. The van der Waals surface area contributed by atoms with E-state index >= 15 is 0 Å². The summed E-state index contributed by atoms with van der Waals surface area (Å²) in [5.41, 5.74) is 0. The molecule has 1 fully saturated rings. The zero-order valence-corrected chi connectivity index (χ0v) is 11.6. The van der Waals surface area contributed by atoms with E-state index in [1.54, 1.807) is 0 Å². The first-order valence-electron chi connectivity index (χ1n) is 6.16. The molecule has 1 atom stereocenters. The molecule has 2 rings (SSSR count). The van der Waals surface area contributed by atoms with Crippen molar-refractivity contribution in [3.63, 3.8) is 0 Å². The van der Waals surface area contributed by atoms with E-state index in [0.717, 1.165) is 23.9 Å². The molecular weight excluding hydrogens is 302 g/mol. The second-order valence-corrected chi connectivity index (χ2v) is 5.48. The van der Waals surface area contributed by atoms with Crippen molar-refractivity contribution in [3.8, 4) is 0 Å². The van der Waals surface area contributed by atoms with Crippen molar-refractivity contribution in [2.75, 3.05) is 5.75 Å². The van der Waals surface area contributed by atoms with Crippen LogP contribution in [0.2, 0.25) is 0 Å². The lowest BCUT2D eigenvalue weighted by Crippen LogP contribution is -2.52. The average molecular weight is 314 g/mol. The maximum atomic E-state index is 13.0. The molecule has 1 saturated heterocycles. The van der Waals surface area contributed by atoms with Crippen molar-refractivity contribution < 1.29 is 23.2 Å². The molecule has 5 nitrogen and oxygen atoms in total. The summed E-state index contributed by atoms with van der Waals surface area (Å²) < 4.78 is 25.7. The Morgan fingerprint density at radius 2 is 2.10 bits per heavy atom. The normalized spacial score (nSPS) is 18.3. The SMILES string of the molecule is O=C1CCC(NC(=O)CSc2ccc(F)c(F)c2)C(=O)N1. The Morgan fingerprint density at radius 1 is 1.33 bits per heavy atom. The maximum absolute atomic E-state index is 13.0. The van der Waals surface area contributed by atoms with Gasteiger partial charge in [-0.3, -0.25) is 19.7 Å². The summed E-state index contributed by atoms with van der Waals surface area (Å²) in [6.45, 7) is 0. The average Bonchev–Trinajstić information content (AvgIpc) is 2.43. The van der Waals surface area contributed by atoms with E-state index in [9.17, 15) is 23.2 Å². The molecule has 1 aromatic carbocycles. The summed E-state index contributed by atoms with van der Waals surface area (Å²) in [5.74, 6) is -3.28. The number of hydrogen-bond acceptors (Lipinski definition) is 4. The van der Waals surface area contributed by atoms with Gasteiger partial charge in [-0.25, -0.2) is 8.78 Å². The Balaban J connectivity index is 1.83. The van der Waals surface area contributed by atoms with Gasteiger partial charge in [-0.2, -0.15) is 0 Å². The first kappa shape index (κ1) is 15.4. The minimum atomic E-state index is -0.981. The molecule has 1 aromatic rings. The third-order valence-corrected chi connectivity index (χ3v) is 3.83. The fourth-order valence-electron chi connectivity index (χ4n) is 1.78. The number of halogens is 2. The van der Waals surface area contributed by atoms with Gasteiger partial charge in [-0.05, 0) is 24.6 Å². The van der Waals surface area contributed by atoms with Gasteiger partial charge >= 0.3 is 0 Å². The van der Waals surface area contributed by atoms with Crippen molar-refractivity contribution in [2.45, 2.75) is 23.8 Å². The third-order valence-electron chi connectivity index (χ3n) is 2.84. The van der Waals surface area contributed by atoms with Crippen LogP contribution in [0.3, 0.4) is 0 Å². The number of benzene rings is 1. The van der Waals surface area contributed by atoms with E-state index in [0.29, 0.717) is 4.90 Å². The van der Waals surface area contributed by atoms with Crippen LogP contribution in [0.15, 0.2) is 23.1 Å². The summed E-state index contributed by atoms with van der Waals surface area (Å²) in [4.78, 5) is 34.5. The zero-order chi connectivity index (χ0) is 15.4. The van der Waals surface area contributed by atoms with Gasteiger partial charge in [-0.1, -0.05) is 0 Å². The van der Waals surface area contributed by atoms with Gasteiger partial charge in [0.15, 0.2) is 11.6 Å². The number of thioether (sulfide) groups is 1. The van der Waals surface area contributed by atoms with Crippen LogP contribution in [-0.4, -0.2) is 29.5 Å². The Hall–Kier alpha value is -1.96. The zero-order valence-electron chi connectivity index (χ0n) is 10.8. The van der Waals surface area contributed by atoms with Crippen LogP contribution < -0.4 is 10.6 Å². The van der Waals surface area contributed by atoms with Crippen LogP contribution in [0.5, 0.6) is 0 Å². The number of carbonyl (C=O) groups is 3. The fraction of sp³-hybridized carbons (Fsp3) is 0.308. The molecule has 8 heteroatoms. The number of carbonyl (C=O) groups excluding carboxylic acids is 3. The van der Waals surface area contributed by atoms with E-state index in [1.807, 2.05) is 0 Å². The van der Waals surface area contributed by atoms with Crippen molar-refractivity contribution in [3.05, 3.63) is 29.8 Å². The summed E-state index contributed by atoms with van der Waals surface area (Å²) >= 11 is 1.02. The quantitative estimate of drug-likeness (QED) is 0.642. The fourth-order valence-corrected chi connectivity index (χ4v) is 2.51. The molecule has 0 aromatic heterocycles. The predicted octanol–water partition coefficient (Wildman–Crippen LogP) is 0.978. The van der Waals surface area contributed by atoms with Gasteiger partial charge in [0.25, 0.3) is 0 Å². The first-order chi connectivity index (χ1) is 9.95. The summed E-state index contributed by atoms with van der Waals surface area (Å²) in [6, 6.07) is 2.61. The van der Waals surface area contributed by atoms with Gasteiger partial charge in [0, 0.05) is 11.3 Å². The number of piperidine rings is 1. The van der Waals surface area contributed by atoms with Crippen LogP contribution in [0.1, 0.15) is 12.8 Å². The highest BCUT2D eigenvalue weighted by atomic mass is 32.2. The van der Waals surface area contributed by atoms with Gasteiger partial charge in [-0.15, -0.1) is 11.8 Å². The summed E-state index contributed by atoms with van der Waals surface area (Å²) in [7, 11) is 0. The lowest BCUT2D eigenvalue weighted by atomic mass is 10.1. The second-order valence-electron chi connectivity index (χ2n) is 4.44. The Labute approximate surface area is 123 Å². The number of imide groups is 1. The van der Waals surface area contributed by atoms with Crippen LogP contribution in [0, 0.1) is 11.6 Å². The Bertz CT molecular complexity index is 595. The molecule has 0 spiro atoms. The molecule has 0 saturated carbocycles. The number of nitrogens with one attached hydrogen (secondary N) is 2. The van der Waals surface area contributed by atoms with Crippen molar-refractivity contribution in [1.82, 2.24) is 10.6 Å². The van der Waals surface area contributed by atoms with E-state index in [-0.39, 0.29) is 24.5 Å². The number of amides is 3. The highest BCUT2D eigenvalue weighted by Gasteiger charge is 2.27. The van der Waals surface area contributed by atoms with Crippen molar-refractivity contribution in [2.24, 2.45) is 0 Å². The number of rotatable bonds is 4. The van der Waals surface area contributed by atoms with Crippen LogP contribution in [-0.2, 0) is 14.4 Å². The second kappa shape index (κ2) is 6.66. The molecule has 1 aliphatic rings. The monoisotopic (exact) mass is 314 g/mol. The predicted molar refractivity (Wildman–Crippen MR) is 71.4 cm³/mol. The van der Waals surface area contributed by atoms with E-state index in [2.05, 4.69) is 10.6 Å². The third kappa shape index (κ3) is 4.25. The van der Waals surface area contributed by atoms with E-state index in [4.69, 9.17) is 0 Å². The number of hydrogen-bond donors (Lipinski definition) is 2. The van der Waals surface area contributed by atoms with Crippen molar-refractivity contribution in [1.29, 1.82) is 0 Å². The molecule has 1 unspecified atom stereocenters. The Morgan fingerprint density at radius 3 is 2.76 bits per heavy atom. The van der Waals surface area contributed by atoms with Gasteiger partial charge in [0.05, 0.1) is 5.75 Å². The molecule has 0 radical (unpaired) electrons. The maximum Gasteiger partial charge on any atom is 0.249 e. The van der Waals surface area contributed by atoms with Crippen LogP contribution in [0.25, 0.3) is 0 Å². The largest absolute Gasteiger partial charge is 0.344 e. The van der Waals surface area contributed by atoms with E-state index in [1.165, 1.54) is 6.07 Å². The van der Waals surface area contributed by atoms with Gasteiger partial charge < -0.3 is 5.32 Å². The van der Waals surface area contributed by atoms with Gasteiger partial charge in [0.2, 0.25) is 17.7 Å². The highest BCUT2D eigenvalue weighted by molar-refractivity contribution is 8.00. The van der Waals surface area contributed by atoms with Gasteiger partial charge in [0.1, 0.15) is 6.04 Å². The Kier molecular flexibility index (Phi) is 4.89. The lowest BCUT2D eigenvalue weighted by Gasteiger charge is -2.21. The standard InChI is InChI=1S/C13H12F2N2O3S/c14-8-2-1-7(5-9(8)15)21-6-12(19)16-10-3-4-11(18)17-13(10)20/h1-2,5,10H,3-4,6H2,(H,16,19)(H,17,18,20). The molecule has 112 valence electrons.